The zero-order valence-electron chi connectivity index (χ0n) is 16.0. The van der Waals surface area contributed by atoms with E-state index in [0.717, 1.165) is 24.0 Å². The standard InChI is InChI=1S/C19H29N3O4/c1-13-9-8-10-17(14(13)2)26-15(3)19(25)22-21-18(24)11-6-5-7-12-20-16(4)23/h8-10,15H,5-7,11-12H2,1-4H3,(H,20,23)(H,21,24)(H,22,25)/t15-/m1/s1. The van der Waals surface area contributed by atoms with Gasteiger partial charge in [0.1, 0.15) is 5.75 Å². The Hall–Kier alpha value is -2.57. The third-order valence-electron chi connectivity index (χ3n) is 4.01. The molecule has 0 fully saturated rings. The van der Waals surface area contributed by atoms with Gasteiger partial charge in [0, 0.05) is 19.9 Å². The summed E-state index contributed by atoms with van der Waals surface area (Å²) < 4.78 is 5.67. The van der Waals surface area contributed by atoms with Gasteiger partial charge in [0.25, 0.3) is 5.91 Å². The second-order valence-electron chi connectivity index (χ2n) is 6.29. The van der Waals surface area contributed by atoms with Crippen LogP contribution in [0.25, 0.3) is 0 Å². The number of hydrogen-bond donors (Lipinski definition) is 3. The fourth-order valence-electron chi connectivity index (χ4n) is 2.24. The molecule has 0 aliphatic carbocycles. The maximum Gasteiger partial charge on any atom is 0.279 e. The van der Waals surface area contributed by atoms with Crippen molar-refractivity contribution < 1.29 is 19.1 Å². The molecule has 0 spiro atoms. The molecule has 1 rings (SSSR count). The van der Waals surface area contributed by atoms with Gasteiger partial charge in [-0.05, 0) is 50.8 Å². The number of hydrogen-bond acceptors (Lipinski definition) is 4. The average molecular weight is 363 g/mol. The van der Waals surface area contributed by atoms with Crippen LogP contribution < -0.4 is 20.9 Å². The Morgan fingerprint density at radius 1 is 1.08 bits per heavy atom. The topological polar surface area (TPSA) is 96.5 Å². The Labute approximate surface area is 154 Å². The highest BCUT2D eigenvalue weighted by molar-refractivity contribution is 5.84. The van der Waals surface area contributed by atoms with Crippen molar-refractivity contribution in [2.24, 2.45) is 0 Å². The van der Waals surface area contributed by atoms with Crippen LogP contribution in [0.2, 0.25) is 0 Å². The molecule has 144 valence electrons. The van der Waals surface area contributed by atoms with Gasteiger partial charge in [0.15, 0.2) is 6.10 Å². The van der Waals surface area contributed by atoms with E-state index < -0.39 is 12.0 Å². The van der Waals surface area contributed by atoms with Gasteiger partial charge in [-0.1, -0.05) is 18.6 Å². The largest absolute Gasteiger partial charge is 0.481 e. The first-order valence-electron chi connectivity index (χ1n) is 8.87. The molecule has 1 aromatic rings. The summed E-state index contributed by atoms with van der Waals surface area (Å²) in [4.78, 5) is 34.5. The highest BCUT2D eigenvalue weighted by Gasteiger charge is 2.16. The molecule has 0 bridgehead atoms. The summed E-state index contributed by atoms with van der Waals surface area (Å²) in [5, 5.41) is 2.70. The molecule has 3 N–H and O–H groups in total. The van der Waals surface area contributed by atoms with Crippen molar-refractivity contribution in [3.8, 4) is 5.75 Å². The number of carbonyl (C=O) groups excluding carboxylic acids is 3. The molecule has 0 unspecified atom stereocenters. The van der Waals surface area contributed by atoms with Gasteiger partial charge in [-0.25, -0.2) is 0 Å². The minimum Gasteiger partial charge on any atom is -0.481 e. The highest BCUT2D eigenvalue weighted by atomic mass is 16.5. The van der Waals surface area contributed by atoms with E-state index in [2.05, 4.69) is 16.2 Å². The molecule has 0 saturated heterocycles. The highest BCUT2D eigenvalue weighted by Crippen LogP contribution is 2.21. The van der Waals surface area contributed by atoms with Crippen molar-refractivity contribution in [2.75, 3.05) is 6.54 Å². The van der Waals surface area contributed by atoms with Crippen molar-refractivity contribution in [1.82, 2.24) is 16.2 Å². The summed E-state index contributed by atoms with van der Waals surface area (Å²) >= 11 is 0. The van der Waals surface area contributed by atoms with E-state index in [1.54, 1.807) is 6.92 Å². The number of amides is 3. The molecule has 3 amide bonds. The fraction of sp³-hybridized carbons (Fsp3) is 0.526. The van der Waals surface area contributed by atoms with Gasteiger partial charge >= 0.3 is 0 Å². The first kappa shape index (κ1) is 21.5. The van der Waals surface area contributed by atoms with Crippen LogP contribution in [0, 0.1) is 13.8 Å². The Bertz CT molecular complexity index is 631. The van der Waals surface area contributed by atoms with Crippen molar-refractivity contribution in [3.63, 3.8) is 0 Å². The van der Waals surface area contributed by atoms with E-state index in [4.69, 9.17) is 4.74 Å². The normalized spacial score (nSPS) is 11.4. The third-order valence-corrected chi connectivity index (χ3v) is 4.01. The van der Waals surface area contributed by atoms with Crippen LogP contribution in [0.3, 0.4) is 0 Å². The summed E-state index contributed by atoms with van der Waals surface area (Å²) in [7, 11) is 0. The Morgan fingerprint density at radius 2 is 1.81 bits per heavy atom. The van der Waals surface area contributed by atoms with E-state index >= 15 is 0 Å². The van der Waals surface area contributed by atoms with E-state index in [-0.39, 0.29) is 11.8 Å². The molecule has 7 nitrogen and oxygen atoms in total. The first-order chi connectivity index (χ1) is 12.3. The molecule has 0 aromatic heterocycles. The Balaban J connectivity index is 2.24. The number of aryl methyl sites for hydroxylation is 1. The van der Waals surface area contributed by atoms with Gasteiger partial charge < -0.3 is 10.1 Å². The Kier molecular flexibility index (Phi) is 9.19. The quantitative estimate of drug-likeness (QED) is 0.461. The lowest BCUT2D eigenvalue weighted by Gasteiger charge is -2.17. The second kappa shape index (κ2) is 11.1. The molecular weight excluding hydrogens is 334 g/mol. The summed E-state index contributed by atoms with van der Waals surface area (Å²) in [5.41, 5.74) is 6.85. The number of hydrazine groups is 1. The number of unbranched alkanes of at least 4 members (excludes halogenated alkanes) is 2. The number of rotatable bonds is 9. The number of benzene rings is 1. The van der Waals surface area contributed by atoms with Crippen LogP contribution >= 0.6 is 0 Å². The fourth-order valence-corrected chi connectivity index (χ4v) is 2.24. The number of nitrogens with one attached hydrogen (secondary N) is 3. The molecule has 0 radical (unpaired) electrons. The molecule has 0 saturated carbocycles. The number of ether oxygens (including phenoxy) is 1. The maximum absolute atomic E-state index is 12.0. The molecule has 0 aliphatic heterocycles. The molecular formula is C19H29N3O4. The van der Waals surface area contributed by atoms with Crippen LogP contribution in [-0.2, 0) is 14.4 Å². The maximum atomic E-state index is 12.0. The van der Waals surface area contributed by atoms with Gasteiger partial charge in [0.2, 0.25) is 11.8 Å². The summed E-state index contributed by atoms with van der Waals surface area (Å²) in [6, 6.07) is 5.66. The van der Waals surface area contributed by atoms with Crippen molar-refractivity contribution >= 4 is 17.7 Å². The molecule has 7 heteroatoms. The van der Waals surface area contributed by atoms with Gasteiger partial charge in [-0.15, -0.1) is 0 Å². The predicted molar refractivity (Wildman–Crippen MR) is 99.4 cm³/mol. The number of carbonyl (C=O) groups is 3. The summed E-state index contributed by atoms with van der Waals surface area (Å²) in [5.74, 6) is -0.0671. The zero-order chi connectivity index (χ0) is 19.5. The Morgan fingerprint density at radius 3 is 2.50 bits per heavy atom. The minimum atomic E-state index is -0.728. The monoisotopic (exact) mass is 363 g/mol. The van der Waals surface area contributed by atoms with Gasteiger partial charge in [-0.3, -0.25) is 25.2 Å². The van der Waals surface area contributed by atoms with E-state index in [1.807, 2.05) is 32.0 Å². The molecule has 0 heterocycles. The van der Waals surface area contributed by atoms with Crippen molar-refractivity contribution in [2.45, 2.75) is 59.5 Å². The first-order valence-corrected chi connectivity index (χ1v) is 8.87. The van der Waals surface area contributed by atoms with Gasteiger partial charge in [-0.2, -0.15) is 0 Å². The van der Waals surface area contributed by atoms with E-state index in [0.29, 0.717) is 25.1 Å². The lowest BCUT2D eigenvalue weighted by atomic mass is 10.1. The lowest BCUT2D eigenvalue weighted by Crippen LogP contribution is -2.47. The van der Waals surface area contributed by atoms with Gasteiger partial charge in [0.05, 0.1) is 0 Å². The molecule has 1 aromatic carbocycles. The van der Waals surface area contributed by atoms with Crippen molar-refractivity contribution in [1.29, 1.82) is 0 Å². The van der Waals surface area contributed by atoms with Crippen LogP contribution in [0.15, 0.2) is 18.2 Å². The average Bonchev–Trinajstić information content (AvgIpc) is 2.59. The molecule has 1 atom stereocenters. The lowest BCUT2D eigenvalue weighted by molar-refractivity contribution is -0.132. The smallest absolute Gasteiger partial charge is 0.279 e. The summed E-state index contributed by atoms with van der Waals surface area (Å²) in [6.07, 6.45) is 1.92. The second-order valence-corrected chi connectivity index (χ2v) is 6.29. The van der Waals surface area contributed by atoms with E-state index in [9.17, 15) is 14.4 Å². The van der Waals surface area contributed by atoms with Crippen molar-refractivity contribution in [3.05, 3.63) is 29.3 Å². The minimum absolute atomic E-state index is 0.0531. The van der Waals surface area contributed by atoms with Crippen LogP contribution in [0.4, 0.5) is 0 Å². The third kappa shape index (κ3) is 8.00. The SMILES string of the molecule is CC(=O)NCCCCCC(=O)NNC(=O)[C@@H](C)Oc1cccc(C)c1C. The van der Waals surface area contributed by atoms with Crippen LogP contribution in [-0.4, -0.2) is 30.4 Å². The molecule has 26 heavy (non-hydrogen) atoms. The van der Waals surface area contributed by atoms with Crippen LogP contribution in [0.5, 0.6) is 5.75 Å². The van der Waals surface area contributed by atoms with E-state index in [1.165, 1.54) is 6.92 Å². The predicted octanol–water partition coefficient (Wildman–Crippen LogP) is 1.91. The zero-order valence-corrected chi connectivity index (χ0v) is 16.0. The van der Waals surface area contributed by atoms with Crippen LogP contribution in [0.1, 0.15) is 50.7 Å². The molecule has 0 aliphatic rings. The summed E-state index contributed by atoms with van der Waals surface area (Å²) in [6.45, 7) is 7.62.